The van der Waals surface area contributed by atoms with Gasteiger partial charge in [-0.2, -0.15) is 5.10 Å². The molecule has 0 saturated heterocycles. The van der Waals surface area contributed by atoms with E-state index in [-0.39, 0.29) is 35.5 Å². The van der Waals surface area contributed by atoms with Crippen LogP contribution in [0.25, 0.3) is 16.6 Å². The summed E-state index contributed by atoms with van der Waals surface area (Å²) in [4.78, 5) is 19.3. The molecule has 0 atom stereocenters. The number of sulfonamides is 1. The third kappa shape index (κ3) is 8.17. The zero-order valence-electron chi connectivity index (χ0n) is 25.4. The maximum atomic E-state index is 13.1. The van der Waals surface area contributed by atoms with Gasteiger partial charge in [-0.1, -0.05) is 23.7 Å². The van der Waals surface area contributed by atoms with Gasteiger partial charge < -0.3 is 24.4 Å². The smallest absolute Gasteiger partial charge is 0.272 e. The first-order chi connectivity index (χ1) is 21.0. The Hall–Kier alpha value is -3.91. The van der Waals surface area contributed by atoms with Crippen LogP contribution >= 0.6 is 11.6 Å². The average Bonchev–Trinajstić information content (AvgIpc) is 3.39. The number of aromatic nitrogens is 3. The van der Waals surface area contributed by atoms with E-state index in [1.807, 2.05) is 19.0 Å². The highest BCUT2D eigenvalue weighted by Gasteiger charge is 2.21. The lowest BCUT2D eigenvalue weighted by molar-refractivity contribution is 0.0948. The summed E-state index contributed by atoms with van der Waals surface area (Å²) in [5.74, 6) is 1.17. The van der Waals surface area contributed by atoms with Crippen LogP contribution in [-0.2, 0) is 23.0 Å². The van der Waals surface area contributed by atoms with Crippen LogP contribution in [0.2, 0.25) is 5.15 Å². The summed E-state index contributed by atoms with van der Waals surface area (Å²) in [5, 5.41) is 8.30. The number of pyridine rings is 1. The largest absolute Gasteiger partial charge is 0.497 e. The highest BCUT2D eigenvalue weighted by atomic mass is 35.5. The topological polar surface area (TPSA) is 137 Å². The minimum absolute atomic E-state index is 0.0505. The molecule has 2 aromatic carbocycles. The van der Waals surface area contributed by atoms with Gasteiger partial charge in [0.2, 0.25) is 10.0 Å². The Morgan fingerprint density at radius 1 is 1.02 bits per heavy atom. The standard InChI is InChI=1S/C30H37ClN6O6S/c1-36(2)13-6-12-32-30(38)29-23-19-33-28(31)17-25(23)37(35-29)24-10-7-20(15-27(24)43-5)18-34-44(39,40)14-11-21-8-9-22(41-3)16-26(21)42-4/h7-10,15-17,19,34H,6,11-14,18H2,1-5H3,(H,32,38). The van der Waals surface area contributed by atoms with E-state index < -0.39 is 10.0 Å². The second kappa shape index (κ2) is 14.7. The van der Waals surface area contributed by atoms with Gasteiger partial charge >= 0.3 is 0 Å². The number of benzene rings is 2. The summed E-state index contributed by atoms with van der Waals surface area (Å²) >= 11 is 6.21. The summed E-state index contributed by atoms with van der Waals surface area (Å²) in [6, 6.07) is 12.2. The number of carbonyl (C=O) groups excluding carboxylic acids is 1. The van der Waals surface area contributed by atoms with Crippen LogP contribution in [0, 0.1) is 0 Å². The van der Waals surface area contributed by atoms with Crippen LogP contribution in [0.1, 0.15) is 28.0 Å². The van der Waals surface area contributed by atoms with E-state index in [0.29, 0.717) is 45.9 Å². The number of nitrogens with one attached hydrogen (secondary N) is 2. The third-order valence-corrected chi connectivity index (χ3v) is 8.45. The number of aryl methyl sites for hydroxylation is 1. The van der Waals surface area contributed by atoms with Crippen molar-refractivity contribution in [2.75, 3.05) is 54.3 Å². The molecule has 0 aliphatic heterocycles. The zero-order valence-corrected chi connectivity index (χ0v) is 27.0. The molecule has 0 unspecified atom stereocenters. The Kier molecular flexibility index (Phi) is 11.0. The van der Waals surface area contributed by atoms with E-state index in [9.17, 15) is 13.2 Å². The lowest BCUT2D eigenvalue weighted by Crippen LogP contribution is -2.27. The molecule has 0 aliphatic carbocycles. The number of hydrogen-bond acceptors (Lipinski definition) is 9. The van der Waals surface area contributed by atoms with Crippen molar-refractivity contribution in [3.8, 4) is 22.9 Å². The molecule has 0 saturated carbocycles. The minimum Gasteiger partial charge on any atom is -0.497 e. The monoisotopic (exact) mass is 644 g/mol. The number of nitrogens with zero attached hydrogens (tertiary/aromatic N) is 4. The van der Waals surface area contributed by atoms with Crippen LogP contribution in [0.5, 0.6) is 17.2 Å². The molecule has 14 heteroatoms. The SMILES string of the molecule is COc1ccc(CCS(=O)(=O)NCc2ccc(-n3nc(C(=O)NCCCN(C)C)c4cnc(Cl)cc43)c(OC)c2)c(OC)c1. The van der Waals surface area contributed by atoms with Gasteiger partial charge in [-0.15, -0.1) is 0 Å². The molecule has 0 bridgehead atoms. The number of rotatable bonds is 15. The van der Waals surface area contributed by atoms with Crippen molar-refractivity contribution < 1.29 is 27.4 Å². The van der Waals surface area contributed by atoms with Crippen molar-refractivity contribution in [3.05, 3.63) is 70.6 Å². The molecule has 0 spiro atoms. The van der Waals surface area contributed by atoms with Crippen LogP contribution in [0.3, 0.4) is 0 Å². The van der Waals surface area contributed by atoms with Gasteiger partial charge in [-0.3, -0.25) is 4.79 Å². The van der Waals surface area contributed by atoms with Gasteiger partial charge in [0.15, 0.2) is 5.69 Å². The number of fused-ring (bicyclic) bond motifs is 1. The fourth-order valence-electron chi connectivity index (χ4n) is 4.59. The van der Waals surface area contributed by atoms with Gasteiger partial charge in [0.25, 0.3) is 5.91 Å². The van der Waals surface area contributed by atoms with Gasteiger partial charge in [0, 0.05) is 31.4 Å². The number of halogens is 1. The molecule has 0 radical (unpaired) electrons. The Bertz CT molecular complexity index is 1730. The maximum Gasteiger partial charge on any atom is 0.272 e. The highest BCUT2D eigenvalue weighted by molar-refractivity contribution is 7.89. The van der Waals surface area contributed by atoms with Crippen molar-refractivity contribution in [3.63, 3.8) is 0 Å². The van der Waals surface area contributed by atoms with Crippen LogP contribution in [-0.4, -0.2) is 88.3 Å². The maximum absolute atomic E-state index is 13.1. The Balaban J connectivity index is 1.51. The first-order valence-electron chi connectivity index (χ1n) is 13.9. The van der Waals surface area contributed by atoms with Gasteiger partial charge in [0.05, 0.1) is 38.0 Å². The van der Waals surface area contributed by atoms with Gasteiger partial charge in [0.1, 0.15) is 28.1 Å². The number of hydrogen-bond donors (Lipinski definition) is 2. The summed E-state index contributed by atoms with van der Waals surface area (Å²) in [6.07, 6.45) is 2.57. The molecule has 44 heavy (non-hydrogen) atoms. The Morgan fingerprint density at radius 2 is 1.80 bits per heavy atom. The molecule has 12 nitrogen and oxygen atoms in total. The number of ether oxygens (including phenoxy) is 3. The summed E-state index contributed by atoms with van der Waals surface area (Å²) in [7, 11) is 4.92. The number of carbonyl (C=O) groups is 1. The quantitative estimate of drug-likeness (QED) is 0.147. The molecule has 4 aromatic rings. The molecule has 2 heterocycles. The molecular weight excluding hydrogens is 608 g/mol. The number of amides is 1. The molecule has 0 aliphatic rings. The summed E-state index contributed by atoms with van der Waals surface area (Å²) in [6.45, 7) is 1.38. The Labute approximate surface area is 262 Å². The second-order valence-corrected chi connectivity index (χ2v) is 12.6. The molecule has 2 aromatic heterocycles. The van der Waals surface area contributed by atoms with Crippen molar-refractivity contribution in [2.24, 2.45) is 0 Å². The molecule has 0 fully saturated rings. The fourth-order valence-corrected chi connectivity index (χ4v) is 5.76. The first kappa shape index (κ1) is 33.0. The highest BCUT2D eigenvalue weighted by Crippen LogP contribution is 2.30. The van der Waals surface area contributed by atoms with Crippen LogP contribution in [0.15, 0.2) is 48.7 Å². The normalized spacial score (nSPS) is 11.6. The predicted molar refractivity (Wildman–Crippen MR) is 170 cm³/mol. The lowest BCUT2D eigenvalue weighted by Gasteiger charge is -2.13. The average molecular weight is 645 g/mol. The van der Waals surface area contributed by atoms with Crippen LogP contribution < -0.4 is 24.2 Å². The van der Waals surface area contributed by atoms with Gasteiger partial charge in [-0.05, 0) is 62.8 Å². The molecular formula is C30H37ClN6O6S. The zero-order chi connectivity index (χ0) is 31.9. The van der Waals surface area contributed by atoms with E-state index in [1.54, 1.807) is 54.3 Å². The molecule has 4 rings (SSSR count). The summed E-state index contributed by atoms with van der Waals surface area (Å²) in [5.41, 5.74) is 2.76. The molecule has 236 valence electrons. The van der Waals surface area contributed by atoms with E-state index >= 15 is 0 Å². The van der Waals surface area contributed by atoms with Gasteiger partial charge in [-0.25, -0.2) is 22.8 Å². The fraction of sp³-hybridized carbons (Fsp3) is 0.367. The molecule has 1 amide bonds. The van der Waals surface area contributed by atoms with E-state index in [0.717, 1.165) is 18.5 Å². The van der Waals surface area contributed by atoms with Crippen molar-refractivity contribution in [1.29, 1.82) is 0 Å². The third-order valence-electron chi connectivity index (χ3n) is 6.92. The van der Waals surface area contributed by atoms with Crippen LogP contribution in [0.4, 0.5) is 0 Å². The first-order valence-corrected chi connectivity index (χ1v) is 15.9. The van der Waals surface area contributed by atoms with Crippen molar-refractivity contribution in [2.45, 2.75) is 19.4 Å². The van der Waals surface area contributed by atoms with Crippen molar-refractivity contribution >= 4 is 38.4 Å². The second-order valence-electron chi connectivity index (χ2n) is 10.3. The number of methoxy groups -OCH3 is 3. The van der Waals surface area contributed by atoms with E-state index in [1.165, 1.54) is 20.4 Å². The lowest BCUT2D eigenvalue weighted by atomic mass is 10.1. The predicted octanol–water partition coefficient (Wildman–Crippen LogP) is 3.44. The summed E-state index contributed by atoms with van der Waals surface area (Å²) < 4.78 is 46.1. The van der Waals surface area contributed by atoms with E-state index in [2.05, 4.69) is 20.1 Å². The van der Waals surface area contributed by atoms with E-state index in [4.69, 9.17) is 25.8 Å². The Morgan fingerprint density at radius 3 is 2.50 bits per heavy atom. The minimum atomic E-state index is -3.62. The molecule has 2 N–H and O–H groups in total. The van der Waals surface area contributed by atoms with Crippen molar-refractivity contribution in [1.82, 2.24) is 29.7 Å².